The van der Waals surface area contributed by atoms with Gasteiger partial charge in [-0.2, -0.15) is 0 Å². The second-order valence-corrected chi connectivity index (χ2v) is 7.37. The molecule has 0 unspecified atom stereocenters. The number of amides is 2. The normalized spacial score (nSPS) is 16.9. The Hall–Kier alpha value is -2.00. The lowest BCUT2D eigenvalue weighted by atomic mass is 10.1. The Morgan fingerprint density at radius 2 is 2.12 bits per heavy atom. The summed E-state index contributed by atoms with van der Waals surface area (Å²) in [6, 6.07) is 3.11. The minimum atomic E-state index is -1.11. The van der Waals surface area contributed by atoms with E-state index in [0.717, 1.165) is 11.8 Å². The fourth-order valence-corrected chi connectivity index (χ4v) is 3.80. The van der Waals surface area contributed by atoms with Gasteiger partial charge in [-0.15, -0.1) is 0 Å². The number of carboxylic acid groups (broad SMARTS) is 1. The zero-order valence-electron chi connectivity index (χ0n) is 14.4. The summed E-state index contributed by atoms with van der Waals surface area (Å²) in [5.74, 6) is -0.870. The highest BCUT2D eigenvalue weighted by molar-refractivity contribution is 9.10. The molecule has 0 spiro atoms. The van der Waals surface area contributed by atoms with Crippen LogP contribution in [0.5, 0.6) is 11.5 Å². The molecule has 0 aliphatic carbocycles. The van der Waals surface area contributed by atoms with Crippen molar-refractivity contribution in [2.24, 2.45) is 0 Å². The second kappa shape index (κ2) is 8.59. The number of rotatable bonds is 7. The number of carboxylic acids is 1. The Morgan fingerprint density at radius 3 is 2.69 bits per heavy atom. The minimum Gasteiger partial charge on any atom is -0.493 e. The van der Waals surface area contributed by atoms with Crippen LogP contribution in [0.15, 0.2) is 21.5 Å². The number of nitrogens with zero attached hydrogens (tertiary/aromatic N) is 1. The third-order valence-electron chi connectivity index (χ3n) is 3.74. The van der Waals surface area contributed by atoms with Crippen LogP contribution in [0.3, 0.4) is 0 Å². The fourth-order valence-electron chi connectivity index (χ4n) is 2.29. The van der Waals surface area contributed by atoms with Crippen LogP contribution in [-0.2, 0) is 9.59 Å². The summed E-state index contributed by atoms with van der Waals surface area (Å²) in [4.78, 5) is 36.9. The SMILES string of the molecule is CC[C@@H](C)N1C(=O)S/C(=C/c2cc(Br)c(OCC(=O)O)c(OC)c2)C1=O. The molecule has 0 saturated carbocycles. The zero-order valence-corrected chi connectivity index (χ0v) is 16.8. The fraction of sp³-hybridized carbons (Fsp3) is 0.353. The van der Waals surface area contributed by atoms with Crippen LogP contribution in [0.25, 0.3) is 6.08 Å². The molecule has 0 radical (unpaired) electrons. The largest absolute Gasteiger partial charge is 0.493 e. The number of imide groups is 1. The standard InChI is InChI=1S/C17H18BrNO6S/c1-4-9(2)19-16(22)13(26-17(19)23)7-10-5-11(18)15(12(6-10)24-3)25-8-14(20)21/h5-7,9H,4,8H2,1-3H3,(H,20,21)/b13-7+/t9-/m1/s1. The van der Waals surface area contributed by atoms with Gasteiger partial charge in [0.1, 0.15) is 0 Å². The van der Waals surface area contributed by atoms with E-state index in [4.69, 9.17) is 14.6 Å². The second-order valence-electron chi connectivity index (χ2n) is 5.53. The van der Waals surface area contributed by atoms with Gasteiger partial charge in [-0.3, -0.25) is 14.5 Å². The highest BCUT2D eigenvalue weighted by atomic mass is 79.9. The number of thioether (sulfide) groups is 1. The zero-order chi connectivity index (χ0) is 19.4. The highest BCUT2D eigenvalue weighted by Crippen LogP contribution is 2.39. The van der Waals surface area contributed by atoms with Crippen LogP contribution in [0, 0.1) is 0 Å². The smallest absolute Gasteiger partial charge is 0.341 e. The van der Waals surface area contributed by atoms with Crippen molar-refractivity contribution < 1.29 is 29.0 Å². The molecular weight excluding hydrogens is 426 g/mol. The summed E-state index contributed by atoms with van der Waals surface area (Å²) in [7, 11) is 1.43. The molecule has 1 atom stereocenters. The van der Waals surface area contributed by atoms with Crippen molar-refractivity contribution in [3.8, 4) is 11.5 Å². The summed E-state index contributed by atoms with van der Waals surface area (Å²) in [6.45, 7) is 3.23. The molecule has 1 heterocycles. The predicted molar refractivity (Wildman–Crippen MR) is 101 cm³/mol. The van der Waals surface area contributed by atoms with Gasteiger partial charge < -0.3 is 14.6 Å². The Bertz CT molecular complexity index is 779. The monoisotopic (exact) mass is 443 g/mol. The first kappa shape index (κ1) is 20.3. The number of aliphatic carboxylic acids is 1. The van der Waals surface area contributed by atoms with E-state index in [2.05, 4.69) is 15.9 Å². The van der Waals surface area contributed by atoms with Crippen molar-refractivity contribution in [3.05, 3.63) is 27.1 Å². The van der Waals surface area contributed by atoms with E-state index in [1.807, 2.05) is 13.8 Å². The average Bonchev–Trinajstić information content (AvgIpc) is 2.86. The molecular formula is C17H18BrNO6S. The maximum absolute atomic E-state index is 12.5. The Balaban J connectivity index is 2.33. The van der Waals surface area contributed by atoms with E-state index >= 15 is 0 Å². The molecule has 1 aliphatic rings. The van der Waals surface area contributed by atoms with E-state index in [0.29, 0.717) is 27.1 Å². The first-order valence-electron chi connectivity index (χ1n) is 7.77. The summed E-state index contributed by atoms with van der Waals surface area (Å²) in [6.07, 6.45) is 2.28. The molecule has 2 amide bonds. The molecule has 1 aliphatic heterocycles. The Kier molecular flexibility index (Phi) is 6.71. The lowest BCUT2D eigenvalue weighted by Crippen LogP contribution is -2.36. The van der Waals surface area contributed by atoms with Crippen molar-refractivity contribution >= 4 is 50.9 Å². The van der Waals surface area contributed by atoms with Crippen LogP contribution < -0.4 is 9.47 Å². The Labute approximate surface area is 163 Å². The highest BCUT2D eigenvalue weighted by Gasteiger charge is 2.37. The summed E-state index contributed by atoms with van der Waals surface area (Å²) < 4.78 is 10.9. The number of ether oxygens (including phenoxy) is 2. The maximum Gasteiger partial charge on any atom is 0.341 e. The first-order chi connectivity index (χ1) is 12.3. The number of carbonyl (C=O) groups excluding carboxylic acids is 2. The molecule has 1 fully saturated rings. The van der Waals surface area contributed by atoms with Crippen LogP contribution >= 0.6 is 27.7 Å². The van der Waals surface area contributed by atoms with E-state index in [1.165, 1.54) is 12.0 Å². The van der Waals surface area contributed by atoms with Gasteiger partial charge >= 0.3 is 5.97 Å². The maximum atomic E-state index is 12.5. The van der Waals surface area contributed by atoms with Crippen molar-refractivity contribution in [1.82, 2.24) is 4.90 Å². The topological polar surface area (TPSA) is 93.1 Å². The van der Waals surface area contributed by atoms with Gasteiger partial charge in [-0.1, -0.05) is 6.92 Å². The lowest BCUT2D eigenvalue weighted by Gasteiger charge is -2.19. The van der Waals surface area contributed by atoms with Crippen molar-refractivity contribution in [3.63, 3.8) is 0 Å². The van der Waals surface area contributed by atoms with Crippen molar-refractivity contribution in [2.45, 2.75) is 26.3 Å². The third kappa shape index (κ3) is 4.39. The van der Waals surface area contributed by atoms with Gasteiger partial charge in [-0.05, 0) is 64.8 Å². The number of benzene rings is 1. The molecule has 1 aromatic rings. The summed E-state index contributed by atoms with van der Waals surface area (Å²) in [5, 5.41) is 8.46. The number of hydrogen-bond donors (Lipinski definition) is 1. The van der Waals surface area contributed by atoms with Gasteiger partial charge in [0.2, 0.25) is 0 Å². The molecule has 26 heavy (non-hydrogen) atoms. The minimum absolute atomic E-state index is 0.165. The molecule has 0 aromatic heterocycles. The average molecular weight is 444 g/mol. The van der Waals surface area contributed by atoms with Crippen LogP contribution in [0.2, 0.25) is 0 Å². The quantitative estimate of drug-likeness (QED) is 0.641. The van der Waals surface area contributed by atoms with Gasteiger partial charge in [-0.25, -0.2) is 4.79 Å². The van der Waals surface area contributed by atoms with Gasteiger partial charge in [0, 0.05) is 6.04 Å². The van der Waals surface area contributed by atoms with Gasteiger partial charge in [0.05, 0.1) is 16.5 Å². The van der Waals surface area contributed by atoms with Crippen LogP contribution in [0.1, 0.15) is 25.8 Å². The number of halogens is 1. The summed E-state index contributed by atoms with van der Waals surface area (Å²) >= 11 is 4.21. The molecule has 1 N–H and O–H groups in total. The van der Waals surface area contributed by atoms with Gasteiger partial charge in [0.15, 0.2) is 18.1 Å². The number of carbonyl (C=O) groups is 3. The molecule has 140 valence electrons. The molecule has 1 saturated heterocycles. The van der Waals surface area contributed by atoms with Gasteiger partial charge in [0.25, 0.3) is 11.1 Å². The molecule has 1 aromatic carbocycles. The van der Waals surface area contributed by atoms with Crippen LogP contribution in [-0.4, -0.2) is 46.9 Å². The molecule has 9 heteroatoms. The molecule has 0 bridgehead atoms. The molecule has 7 nitrogen and oxygen atoms in total. The van der Waals surface area contributed by atoms with Crippen LogP contribution in [0.4, 0.5) is 4.79 Å². The van der Waals surface area contributed by atoms with Crippen molar-refractivity contribution in [2.75, 3.05) is 13.7 Å². The Morgan fingerprint density at radius 1 is 1.42 bits per heavy atom. The summed E-state index contributed by atoms with van der Waals surface area (Å²) in [5.41, 5.74) is 0.617. The third-order valence-corrected chi connectivity index (χ3v) is 5.22. The van der Waals surface area contributed by atoms with Crippen molar-refractivity contribution in [1.29, 1.82) is 0 Å². The predicted octanol–water partition coefficient (Wildman–Crippen LogP) is 3.76. The first-order valence-corrected chi connectivity index (χ1v) is 9.38. The van der Waals surface area contributed by atoms with E-state index in [1.54, 1.807) is 18.2 Å². The number of hydrogen-bond acceptors (Lipinski definition) is 6. The lowest BCUT2D eigenvalue weighted by molar-refractivity contribution is -0.139. The van der Waals surface area contributed by atoms with E-state index < -0.39 is 12.6 Å². The molecule has 2 rings (SSSR count). The number of methoxy groups -OCH3 is 1. The van der Waals surface area contributed by atoms with E-state index in [9.17, 15) is 14.4 Å². The van der Waals surface area contributed by atoms with E-state index in [-0.39, 0.29) is 22.9 Å².